The molecule has 1 N–H and O–H groups in total. The maximum absolute atomic E-state index is 12.2. The number of aliphatic imine (C=N–C) groups is 1. The summed E-state index contributed by atoms with van der Waals surface area (Å²) in [5, 5.41) is 3.28. The molecule has 1 saturated heterocycles. The number of piperazine rings is 1. The Labute approximate surface area is 196 Å². The minimum absolute atomic E-state index is 0. The lowest BCUT2D eigenvalue weighted by Crippen LogP contribution is -2.52. The van der Waals surface area contributed by atoms with Gasteiger partial charge in [-0.15, -0.1) is 24.0 Å². The zero-order chi connectivity index (χ0) is 21.4. The molecule has 1 aliphatic heterocycles. The van der Waals surface area contributed by atoms with Crippen LogP contribution < -0.4 is 15.0 Å². The fourth-order valence-corrected chi connectivity index (χ4v) is 2.91. The Hall–Kier alpha value is -2.38. The number of anilines is 1. The molecule has 170 valence electrons. The molecule has 0 spiro atoms. The quantitative estimate of drug-likeness (QED) is 0.336. The smallest absolute Gasteiger partial charge is 0.422 e. The molecule has 12 heteroatoms. The number of hydrogen-bond acceptors (Lipinski definition) is 6. The van der Waals surface area contributed by atoms with Crippen LogP contribution in [0.3, 0.4) is 0 Å². The summed E-state index contributed by atoms with van der Waals surface area (Å²) in [5.74, 6) is 1.44. The monoisotopic (exact) mass is 551 g/mol. The number of ether oxygens (including phenoxy) is 1. The third kappa shape index (κ3) is 7.99. The lowest BCUT2D eigenvalue weighted by atomic mass is 10.3. The first-order valence-electron chi connectivity index (χ1n) is 9.64. The Kier molecular flexibility index (Phi) is 9.52. The van der Waals surface area contributed by atoms with E-state index < -0.39 is 12.8 Å². The van der Waals surface area contributed by atoms with Crippen molar-refractivity contribution in [1.29, 1.82) is 0 Å². The van der Waals surface area contributed by atoms with E-state index in [-0.39, 0.29) is 29.9 Å². The van der Waals surface area contributed by atoms with Gasteiger partial charge >= 0.3 is 6.18 Å². The summed E-state index contributed by atoms with van der Waals surface area (Å²) in [4.78, 5) is 21.4. The molecule has 2 aromatic heterocycles. The first-order valence-corrected chi connectivity index (χ1v) is 9.64. The van der Waals surface area contributed by atoms with Crippen molar-refractivity contribution in [1.82, 2.24) is 25.2 Å². The molecule has 31 heavy (non-hydrogen) atoms. The molecule has 0 bridgehead atoms. The SMILES string of the molecule is CCNC(=NCc1ccc(OCC(F)(F)F)nc1)N1CCN(c2ncccn2)CC1.I. The molecular formula is C19H25F3IN7O. The highest BCUT2D eigenvalue weighted by molar-refractivity contribution is 14.0. The van der Waals surface area contributed by atoms with Gasteiger partial charge in [0.1, 0.15) is 0 Å². The maximum Gasteiger partial charge on any atom is 0.422 e. The lowest BCUT2D eigenvalue weighted by molar-refractivity contribution is -0.154. The zero-order valence-electron chi connectivity index (χ0n) is 17.0. The van der Waals surface area contributed by atoms with Gasteiger partial charge < -0.3 is 19.9 Å². The molecule has 0 unspecified atom stereocenters. The third-order valence-corrected chi connectivity index (χ3v) is 4.34. The van der Waals surface area contributed by atoms with Gasteiger partial charge in [-0.05, 0) is 18.6 Å². The highest BCUT2D eigenvalue weighted by Crippen LogP contribution is 2.17. The highest BCUT2D eigenvalue weighted by Gasteiger charge is 2.28. The van der Waals surface area contributed by atoms with E-state index >= 15 is 0 Å². The summed E-state index contributed by atoms with van der Waals surface area (Å²) in [6.07, 6.45) is 0.549. The van der Waals surface area contributed by atoms with E-state index in [1.165, 1.54) is 12.3 Å². The van der Waals surface area contributed by atoms with Crippen LogP contribution in [0.2, 0.25) is 0 Å². The van der Waals surface area contributed by atoms with Crippen molar-refractivity contribution in [2.45, 2.75) is 19.6 Å². The predicted octanol–water partition coefficient (Wildman–Crippen LogP) is 2.72. The normalized spacial score (nSPS) is 14.8. The number of rotatable bonds is 6. The van der Waals surface area contributed by atoms with Crippen molar-refractivity contribution in [3.05, 3.63) is 42.4 Å². The second kappa shape index (κ2) is 11.9. The van der Waals surface area contributed by atoms with E-state index in [9.17, 15) is 13.2 Å². The van der Waals surface area contributed by atoms with Crippen molar-refractivity contribution in [3.8, 4) is 5.88 Å². The number of guanidine groups is 1. The van der Waals surface area contributed by atoms with Gasteiger partial charge in [0.2, 0.25) is 11.8 Å². The van der Waals surface area contributed by atoms with E-state index in [1.54, 1.807) is 24.5 Å². The molecule has 1 aliphatic rings. The van der Waals surface area contributed by atoms with E-state index in [0.717, 1.165) is 50.2 Å². The average molecular weight is 551 g/mol. The molecule has 3 rings (SSSR count). The molecule has 0 saturated carbocycles. The van der Waals surface area contributed by atoms with Crippen molar-refractivity contribution >= 4 is 35.9 Å². The molecule has 1 fully saturated rings. The van der Waals surface area contributed by atoms with Gasteiger partial charge in [0.15, 0.2) is 12.6 Å². The second-order valence-corrected chi connectivity index (χ2v) is 6.60. The number of pyridine rings is 1. The van der Waals surface area contributed by atoms with Crippen LogP contribution in [-0.4, -0.2) is 71.3 Å². The standard InChI is InChI=1S/C19H24F3N7O.HI/c1-2-23-17(28-8-10-29(11-9-28)18-24-6-3-7-25-18)27-13-15-4-5-16(26-12-15)30-14-19(20,21)22;/h3-7,12H,2,8-11,13-14H2,1H3,(H,23,27);1H. The summed E-state index contributed by atoms with van der Waals surface area (Å²) < 4.78 is 41.2. The molecule has 0 aromatic carbocycles. The molecule has 0 amide bonds. The Morgan fingerprint density at radius 2 is 1.84 bits per heavy atom. The maximum atomic E-state index is 12.2. The molecule has 2 aromatic rings. The van der Waals surface area contributed by atoms with Gasteiger partial charge in [-0.3, -0.25) is 0 Å². The summed E-state index contributed by atoms with van der Waals surface area (Å²) >= 11 is 0. The number of nitrogens with zero attached hydrogens (tertiary/aromatic N) is 6. The number of aromatic nitrogens is 3. The van der Waals surface area contributed by atoms with Gasteiger partial charge in [-0.25, -0.2) is 19.9 Å². The molecule has 3 heterocycles. The van der Waals surface area contributed by atoms with Gasteiger partial charge in [0.25, 0.3) is 0 Å². The van der Waals surface area contributed by atoms with Crippen LogP contribution in [-0.2, 0) is 6.54 Å². The first-order chi connectivity index (χ1) is 14.4. The highest BCUT2D eigenvalue weighted by atomic mass is 127. The number of hydrogen-bond donors (Lipinski definition) is 1. The van der Waals surface area contributed by atoms with E-state index in [2.05, 4.69) is 39.8 Å². The second-order valence-electron chi connectivity index (χ2n) is 6.60. The van der Waals surface area contributed by atoms with E-state index in [1.807, 2.05) is 6.92 Å². The van der Waals surface area contributed by atoms with Crippen LogP contribution in [0.4, 0.5) is 19.1 Å². The number of nitrogens with one attached hydrogen (secondary N) is 1. The van der Waals surface area contributed by atoms with Crippen LogP contribution in [0.15, 0.2) is 41.8 Å². The number of alkyl halides is 3. The van der Waals surface area contributed by atoms with Crippen LogP contribution >= 0.6 is 24.0 Å². The van der Waals surface area contributed by atoms with Crippen LogP contribution in [0.1, 0.15) is 12.5 Å². The average Bonchev–Trinajstić information content (AvgIpc) is 2.76. The summed E-state index contributed by atoms with van der Waals surface area (Å²) in [6, 6.07) is 4.87. The fraction of sp³-hybridized carbons (Fsp3) is 0.474. The zero-order valence-corrected chi connectivity index (χ0v) is 19.4. The van der Waals surface area contributed by atoms with Crippen molar-refractivity contribution in [2.24, 2.45) is 4.99 Å². The van der Waals surface area contributed by atoms with Crippen molar-refractivity contribution in [2.75, 3.05) is 44.2 Å². The Morgan fingerprint density at radius 1 is 1.13 bits per heavy atom. The molecule has 8 nitrogen and oxygen atoms in total. The van der Waals surface area contributed by atoms with Gasteiger partial charge in [0.05, 0.1) is 6.54 Å². The van der Waals surface area contributed by atoms with Gasteiger partial charge in [-0.1, -0.05) is 6.07 Å². The van der Waals surface area contributed by atoms with Crippen molar-refractivity contribution in [3.63, 3.8) is 0 Å². The minimum Gasteiger partial charge on any atom is -0.468 e. The molecule has 0 radical (unpaired) electrons. The summed E-state index contributed by atoms with van der Waals surface area (Å²) in [6.45, 7) is 4.82. The Balaban J connectivity index is 0.00000341. The minimum atomic E-state index is -4.39. The first kappa shape index (κ1) is 24.9. The molecule has 0 aliphatic carbocycles. The van der Waals surface area contributed by atoms with Gasteiger partial charge in [-0.2, -0.15) is 13.2 Å². The summed E-state index contributed by atoms with van der Waals surface area (Å²) in [5.41, 5.74) is 0.779. The van der Waals surface area contributed by atoms with Crippen LogP contribution in [0.25, 0.3) is 0 Å². The summed E-state index contributed by atoms with van der Waals surface area (Å²) in [7, 11) is 0. The number of halogens is 4. The predicted molar refractivity (Wildman–Crippen MR) is 122 cm³/mol. The van der Waals surface area contributed by atoms with Crippen LogP contribution in [0, 0.1) is 0 Å². The van der Waals surface area contributed by atoms with E-state index in [4.69, 9.17) is 0 Å². The Morgan fingerprint density at radius 3 is 2.42 bits per heavy atom. The topological polar surface area (TPSA) is 78.8 Å². The molecular weight excluding hydrogens is 526 g/mol. The van der Waals surface area contributed by atoms with Crippen LogP contribution in [0.5, 0.6) is 5.88 Å². The fourth-order valence-electron chi connectivity index (χ4n) is 2.91. The van der Waals surface area contributed by atoms with E-state index in [0.29, 0.717) is 6.54 Å². The Bertz CT molecular complexity index is 814. The van der Waals surface area contributed by atoms with Gasteiger partial charge in [0, 0.05) is 57.4 Å². The largest absolute Gasteiger partial charge is 0.468 e. The van der Waals surface area contributed by atoms with Crippen molar-refractivity contribution < 1.29 is 17.9 Å². The third-order valence-electron chi connectivity index (χ3n) is 4.34. The lowest BCUT2D eigenvalue weighted by Gasteiger charge is -2.36. The molecule has 0 atom stereocenters.